The van der Waals surface area contributed by atoms with Crippen LogP contribution >= 0.6 is 7.82 Å². The largest absolute Gasteiger partial charge is 0.472 e. The Balaban J connectivity index is 4.12. The Morgan fingerprint density at radius 2 is 1.06 bits per heavy atom. The fourth-order valence-corrected chi connectivity index (χ4v) is 7.07. The van der Waals surface area contributed by atoms with Gasteiger partial charge < -0.3 is 21.1 Å². The second-order valence-corrected chi connectivity index (χ2v) is 16.0. The van der Waals surface area contributed by atoms with E-state index >= 15 is 0 Å². The lowest BCUT2D eigenvalue weighted by Gasteiger charge is -2.23. The lowest BCUT2D eigenvalue weighted by molar-refractivity contribution is -0.123. The average molecular weight is 743 g/mol. The molecule has 0 aromatic heterocycles. The summed E-state index contributed by atoms with van der Waals surface area (Å²) in [5, 5.41) is 13.6. The van der Waals surface area contributed by atoms with E-state index in [2.05, 4.69) is 25.2 Å². The van der Waals surface area contributed by atoms with Crippen molar-refractivity contribution >= 4 is 13.7 Å². The lowest BCUT2D eigenvalue weighted by atomic mass is 10.0. The molecule has 0 aliphatic heterocycles. The predicted molar refractivity (Wildman–Crippen MR) is 217 cm³/mol. The molecule has 0 radical (unpaired) electrons. The van der Waals surface area contributed by atoms with Crippen molar-refractivity contribution in [1.29, 1.82) is 0 Å². The zero-order chi connectivity index (χ0) is 37.5. The van der Waals surface area contributed by atoms with E-state index in [0.29, 0.717) is 6.42 Å². The summed E-state index contributed by atoms with van der Waals surface area (Å²) in [4.78, 5) is 22.6. The molecule has 0 aliphatic carbocycles. The highest BCUT2D eigenvalue weighted by molar-refractivity contribution is 7.47. The van der Waals surface area contributed by atoms with Crippen LogP contribution in [-0.4, -0.2) is 47.8 Å². The number of nitrogens with two attached hydrogens (primary N) is 1. The van der Waals surface area contributed by atoms with Crippen molar-refractivity contribution in [2.75, 3.05) is 19.8 Å². The first-order valence-electron chi connectivity index (χ1n) is 21.5. The number of carbonyl (C=O) groups excluding carboxylic acids is 1. The van der Waals surface area contributed by atoms with Crippen molar-refractivity contribution < 1.29 is 28.4 Å². The molecule has 0 heterocycles. The summed E-state index contributed by atoms with van der Waals surface area (Å²) in [7, 11) is -4.34. The molecule has 51 heavy (non-hydrogen) atoms. The summed E-state index contributed by atoms with van der Waals surface area (Å²) in [5.74, 6) is -0.209. The first-order chi connectivity index (χ1) is 24.9. The molecular weight excluding hydrogens is 659 g/mol. The molecule has 0 saturated carbocycles. The SMILES string of the molecule is CCCCCCCCC/C=C/C=C/[C@@H](O)[C@H](COP(=O)(O)OCCN)NC(=O)CCCCCCCCCCCCCCCCCCCCCCC. The van der Waals surface area contributed by atoms with Gasteiger partial charge in [0.05, 0.1) is 25.4 Å². The number of hydrogen-bond donors (Lipinski definition) is 4. The van der Waals surface area contributed by atoms with Crippen LogP contribution in [0.4, 0.5) is 0 Å². The number of carbonyl (C=O) groups is 1. The van der Waals surface area contributed by atoms with Crippen molar-refractivity contribution in [3.63, 3.8) is 0 Å². The fraction of sp³-hybridized carbons (Fsp3) is 0.881. The maximum atomic E-state index is 12.7. The number of allylic oxidation sites excluding steroid dienone is 3. The van der Waals surface area contributed by atoms with Gasteiger partial charge in [-0.25, -0.2) is 4.57 Å². The van der Waals surface area contributed by atoms with Gasteiger partial charge in [-0.05, 0) is 19.3 Å². The molecule has 302 valence electrons. The monoisotopic (exact) mass is 743 g/mol. The van der Waals surface area contributed by atoms with E-state index in [1.165, 1.54) is 154 Å². The fourth-order valence-electron chi connectivity index (χ4n) is 6.31. The Labute approximate surface area is 315 Å². The number of phosphoric acid groups is 1. The van der Waals surface area contributed by atoms with E-state index in [-0.39, 0.29) is 25.7 Å². The van der Waals surface area contributed by atoms with E-state index in [0.717, 1.165) is 32.1 Å². The van der Waals surface area contributed by atoms with Gasteiger partial charge in [-0.2, -0.15) is 0 Å². The zero-order valence-corrected chi connectivity index (χ0v) is 34.2. The highest BCUT2D eigenvalue weighted by Crippen LogP contribution is 2.43. The van der Waals surface area contributed by atoms with E-state index in [9.17, 15) is 19.4 Å². The first kappa shape index (κ1) is 50.0. The minimum atomic E-state index is -4.34. The molecule has 0 aromatic carbocycles. The first-order valence-corrected chi connectivity index (χ1v) is 23.0. The molecule has 0 aliphatic rings. The summed E-state index contributed by atoms with van der Waals surface area (Å²) in [6.07, 6.45) is 43.9. The molecule has 0 bridgehead atoms. The molecule has 8 nitrogen and oxygen atoms in total. The summed E-state index contributed by atoms with van der Waals surface area (Å²) in [6.45, 7) is 4.09. The second kappa shape index (κ2) is 38.7. The third-order valence-corrected chi connectivity index (χ3v) is 10.6. The van der Waals surface area contributed by atoms with Gasteiger partial charge >= 0.3 is 7.82 Å². The van der Waals surface area contributed by atoms with Gasteiger partial charge in [0.25, 0.3) is 0 Å². The van der Waals surface area contributed by atoms with E-state index in [1.807, 2.05) is 6.08 Å². The van der Waals surface area contributed by atoms with Crippen molar-refractivity contribution in [3.05, 3.63) is 24.3 Å². The molecule has 3 atom stereocenters. The van der Waals surface area contributed by atoms with Crippen LogP contribution in [-0.2, 0) is 18.4 Å². The number of unbranched alkanes of at least 4 members (excludes halogenated alkanes) is 27. The average Bonchev–Trinajstić information content (AvgIpc) is 3.12. The molecule has 0 spiro atoms. The standard InChI is InChI=1S/C42H83N2O6P/c1-3-5-7-9-11-13-15-16-17-18-19-20-21-22-23-24-26-28-30-32-34-36-42(46)44-40(39-50-51(47,48)49-38-37-43)41(45)35-33-31-29-27-25-14-12-10-8-6-4-2/h29,31,33,35,40-41,45H,3-28,30,32,34,36-39,43H2,1-2H3,(H,44,46)(H,47,48)/b31-29+,35-33+/t40-,41+/m0/s1. The van der Waals surface area contributed by atoms with Gasteiger partial charge in [0.1, 0.15) is 0 Å². The van der Waals surface area contributed by atoms with Crippen LogP contribution in [0.15, 0.2) is 24.3 Å². The molecule has 0 fully saturated rings. The Morgan fingerprint density at radius 1 is 0.647 bits per heavy atom. The van der Waals surface area contributed by atoms with Crippen LogP contribution < -0.4 is 11.1 Å². The van der Waals surface area contributed by atoms with Crippen molar-refractivity contribution in [3.8, 4) is 0 Å². The minimum absolute atomic E-state index is 0.0735. The normalized spacial score (nSPS) is 14.4. The van der Waals surface area contributed by atoms with Gasteiger partial charge in [0, 0.05) is 13.0 Å². The Morgan fingerprint density at radius 3 is 1.49 bits per heavy atom. The lowest BCUT2D eigenvalue weighted by Crippen LogP contribution is -2.45. The van der Waals surface area contributed by atoms with Crippen LogP contribution in [0.25, 0.3) is 0 Å². The molecule has 0 saturated heterocycles. The molecule has 1 unspecified atom stereocenters. The molecule has 0 aromatic rings. The van der Waals surface area contributed by atoms with Gasteiger partial charge in [0.15, 0.2) is 0 Å². The van der Waals surface area contributed by atoms with Gasteiger partial charge in [-0.1, -0.05) is 205 Å². The number of amides is 1. The summed E-state index contributed by atoms with van der Waals surface area (Å²) >= 11 is 0. The van der Waals surface area contributed by atoms with Crippen molar-refractivity contribution in [2.45, 2.75) is 219 Å². The summed E-state index contributed by atoms with van der Waals surface area (Å²) < 4.78 is 22.0. The predicted octanol–water partition coefficient (Wildman–Crippen LogP) is 11.8. The highest BCUT2D eigenvalue weighted by Gasteiger charge is 2.26. The molecule has 1 amide bonds. The maximum Gasteiger partial charge on any atom is 0.472 e. The summed E-state index contributed by atoms with van der Waals surface area (Å²) in [6, 6.07) is -0.887. The van der Waals surface area contributed by atoms with Crippen LogP contribution in [0.3, 0.4) is 0 Å². The third kappa shape index (κ3) is 37.1. The Hall–Kier alpha value is -1.02. The number of hydrogen-bond acceptors (Lipinski definition) is 6. The molecule has 0 rings (SSSR count). The zero-order valence-electron chi connectivity index (χ0n) is 33.4. The van der Waals surface area contributed by atoms with Crippen molar-refractivity contribution in [2.24, 2.45) is 5.73 Å². The van der Waals surface area contributed by atoms with Gasteiger partial charge in [0.2, 0.25) is 5.91 Å². The number of aliphatic hydroxyl groups excluding tert-OH is 1. The van der Waals surface area contributed by atoms with Crippen molar-refractivity contribution in [1.82, 2.24) is 5.32 Å². The number of rotatable bonds is 40. The Kier molecular flexibility index (Phi) is 37.9. The van der Waals surface area contributed by atoms with Gasteiger partial charge in [-0.3, -0.25) is 13.8 Å². The topological polar surface area (TPSA) is 131 Å². The van der Waals surface area contributed by atoms with E-state index < -0.39 is 20.0 Å². The number of aliphatic hydroxyl groups is 1. The molecule has 5 N–H and O–H groups in total. The Bertz CT molecular complexity index is 855. The summed E-state index contributed by atoms with van der Waals surface area (Å²) in [5.41, 5.74) is 5.36. The van der Waals surface area contributed by atoms with E-state index in [4.69, 9.17) is 14.8 Å². The number of phosphoric ester groups is 1. The van der Waals surface area contributed by atoms with Gasteiger partial charge in [-0.15, -0.1) is 0 Å². The molecule has 9 heteroatoms. The second-order valence-electron chi connectivity index (χ2n) is 14.6. The van der Waals surface area contributed by atoms with Crippen LogP contribution in [0, 0.1) is 0 Å². The van der Waals surface area contributed by atoms with Crippen LogP contribution in [0.5, 0.6) is 0 Å². The minimum Gasteiger partial charge on any atom is -0.387 e. The highest BCUT2D eigenvalue weighted by atomic mass is 31.2. The van der Waals surface area contributed by atoms with Crippen LogP contribution in [0.2, 0.25) is 0 Å². The quantitative estimate of drug-likeness (QED) is 0.0279. The molecular formula is C42H83N2O6P. The smallest absolute Gasteiger partial charge is 0.387 e. The van der Waals surface area contributed by atoms with E-state index in [1.54, 1.807) is 12.2 Å². The third-order valence-electron chi connectivity index (χ3n) is 9.59. The maximum absolute atomic E-state index is 12.7. The van der Waals surface area contributed by atoms with Crippen LogP contribution in [0.1, 0.15) is 206 Å². The number of nitrogens with one attached hydrogen (secondary N) is 1.